The van der Waals surface area contributed by atoms with Gasteiger partial charge in [-0.05, 0) is 93.4 Å². The van der Waals surface area contributed by atoms with Crippen LogP contribution in [0.1, 0.15) is 73.6 Å². The van der Waals surface area contributed by atoms with Crippen molar-refractivity contribution in [1.29, 1.82) is 0 Å². The Morgan fingerprint density at radius 1 is 0.917 bits per heavy atom. The molecule has 0 unspecified atom stereocenters. The Balaban J connectivity index is 2.21. The van der Waals surface area contributed by atoms with Crippen LogP contribution in [0.5, 0.6) is 0 Å². The molecule has 1 aliphatic rings. The minimum atomic E-state index is -0.798. The zero-order valence-corrected chi connectivity index (χ0v) is 23.2. The molecule has 202 valence electrons. The number of likely N-dealkylation sites (tertiary alicyclic amines) is 1. The Morgan fingerprint density at radius 3 is 2.06 bits per heavy atom. The van der Waals surface area contributed by atoms with Gasteiger partial charge in [-0.15, -0.1) is 0 Å². The van der Waals surface area contributed by atoms with Gasteiger partial charge in [-0.1, -0.05) is 0 Å². The smallest absolute Gasteiger partial charge is 0.444 e. The molecule has 0 radical (unpaired) electrons. The highest BCUT2D eigenvalue weighted by Crippen LogP contribution is 2.27. The van der Waals surface area contributed by atoms with E-state index in [2.05, 4.69) is 10.3 Å². The summed E-state index contributed by atoms with van der Waals surface area (Å²) in [6, 6.07) is 3.63. The number of aryl methyl sites for hydroxylation is 1. The summed E-state index contributed by atoms with van der Waals surface area (Å²) in [5.74, 6) is 0.0968. The maximum absolute atomic E-state index is 12.7. The third-order valence-electron chi connectivity index (χ3n) is 4.79. The van der Waals surface area contributed by atoms with Gasteiger partial charge in [-0.3, -0.25) is 5.32 Å². The topological polar surface area (TPSA) is 116 Å². The number of nitrogens with one attached hydrogen (secondary N) is 1. The van der Waals surface area contributed by atoms with Crippen LogP contribution in [0.4, 0.5) is 20.2 Å². The summed E-state index contributed by atoms with van der Waals surface area (Å²) in [5, 5.41) is 2.66. The first-order valence-electron chi connectivity index (χ1n) is 12.1. The summed E-state index contributed by atoms with van der Waals surface area (Å²) in [5.41, 5.74) is -0.446. The number of ether oxygens (including phenoxy) is 4. The van der Waals surface area contributed by atoms with Crippen molar-refractivity contribution in [2.45, 2.75) is 98.6 Å². The van der Waals surface area contributed by atoms with Gasteiger partial charge in [0.1, 0.15) is 28.7 Å². The minimum absolute atomic E-state index is 0.174. The number of rotatable bonds is 4. The largest absolute Gasteiger partial charge is 0.509 e. The normalized spacial score (nSPS) is 18.4. The van der Waals surface area contributed by atoms with Crippen molar-refractivity contribution in [1.82, 2.24) is 9.88 Å². The van der Waals surface area contributed by atoms with E-state index in [0.717, 1.165) is 5.56 Å². The third kappa shape index (κ3) is 10.3. The number of anilines is 1. The standard InChI is InChI=1S/C26H41N3O7/c1-16-11-18(27-20(12-16)28-21(30)34-24(2,3)4)13-17-14-29(22(31)35-25(5,6)7)15-19(17)33-23(32)36-26(8,9)10/h11-12,17,19H,13-15H2,1-10H3,(H,27,28,30)/t17-,19+/m1/s1. The monoisotopic (exact) mass is 507 g/mol. The van der Waals surface area contributed by atoms with Gasteiger partial charge in [-0.25, -0.2) is 19.4 Å². The first kappa shape index (κ1) is 29.2. The molecule has 2 heterocycles. The van der Waals surface area contributed by atoms with E-state index in [1.807, 2.05) is 13.0 Å². The van der Waals surface area contributed by atoms with Crippen LogP contribution in [0, 0.1) is 12.8 Å². The van der Waals surface area contributed by atoms with Crippen molar-refractivity contribution in [2.24, 2.45) is 5.92 Å². The SMILES string of the molecule is Cc1cc(C[C@@H]2CN(C(=O)OC(C)(C)C)C[C@@H]2OC(=O)OC(C)(C)C)nc(NC(=O)OC(C)(C)C)c1. The second-order valence-electron chi connectivity index (χ2n) is 12.1. The molecule has 2 atom stereocenters. The van der Waals surface area contributed by atoms with Crippen molar-refractivity contribution in [2.75, 3.05) is 18.4 Å². The number of hydrogen-bond acceptors (Lipinski definition) is 8. The van der Waals surface area contributed by atoms with Crippen LogP contribution in [0.3, 0.4) is 0 Å². The number of carbonyl (C=O) groups excluding carboxylic acids is 3. The van der Waals surface area contributed by atoms with E-state index in [1.165, 1.54) is 4.90 Å². The van der Waals surface area contributed by atoms with E-state index in [1.54, 1.807) is 68.4 Å². The predicted molar refractivity (Wildman–Crippen MR) is 135 cm³/mol. The lowest BCUT2D eigenvalue weighted by Crippen LogP contribution is -2.36. The van der Waals surface area contributed by atoms with E-state index in [-0.39, 0.29) is 12.5 Å². The number of amides is 2. The van der Waals surface area contributed by atoms with Gasteiger partial charge in [0.05, 0.1) is 6.54 Å². The number of hydrogen-bond donors (Lipinski definition) is 1. The number of nitrogens with zero attached hydrogens (tertiary/aromatic N) is 2. The lowest BCUT2D eigenvalue weighted by molar-refractivity contribution is -0.0329. The summed E-state index contributed by atoms with van der Waals surface area (Å²) >= 11 is 0. The van der Waals surface area contributed by atoms with Gasteiger partial charge >= 0.3 is 18.3 Å². The molecule has 1 saturated heterocycles. The van der Waals surface area contributed by atoms with Crippen molar-refractivity contribution >= 4 is 24.2 Å². The van der Waals surface area contributed by atoms with E-state index >= 15 is 0 Å². The highest BCUT2D eigenvalue weighted by Gasteiger charge is 2.40. The fourth-order valence-corrected chi connectivity index (χ4v) is 3.63. The van der Waals surface area contributed by atoms with Gasteiger partial charge in [0.25, 0.3) is 0 Å². The number of aromatic nitrogens is 1. The first-order chi connectivity index (χ1) is 16.3. The predicted octanol–water partition coefficient (Wildman–Crippen LogP) is 5.47. The van der Waals surface area contributed by atoms with Gasteiger partial charge < -0.3 is 23.8 Å². The second kappa shape index (κ2) is 10.9. The highest BCUT2D eigenvalue weighted by atomic mass is 16.7. The average molecular weight is 508 g/mol. The van der Waals surface area contributed by atoms with Gasteiger partial charge in [0, 0.05) is 18.2 Å². The van der Waals surface area contributed by atoms with Crippen LogP contribution in [0.2, 0.25) is 0 Å². The Hall–Kier alpha value is -3.04. The molecule has 1 aromatic rings. The molecule has 0 aliphatic carbocycles. The summed E-state index contributed by atoms with van der Waals surface area (Å²) < 4.78 is 21.8. The number of pyridine rings is 1. The maximum atomic E-state index is 12.7. The van der Waals surface area contributed by atoms with Crippen molar-refractivity contribution in [3.8, 4) is 0 Å². The molecular formula is C26H41N3O7. The van der Waals surface area contributed by atoms with E-state index in [9.17, 15) is 14.4 Å². The molecular weight excluding hydrogens is 466 g/mol. The average Bonchev–Trinajstić information content (AvgIpc) is 2.98. The zero-order valence-electron chi connectivity index (χ0n) is 23.2. The highest BCUT2D eigenvalue weighted by molar-refractivity contribution is 5.83. The van der Waals surface area contributed by atoms with Crippen molar-refractivity contribution < 1.29 is 33.3 Å². The molecule has 0 saturated carbocycles. The fraction of sp³-hybridized carbons (Fsp3) is 0.692. The molecule has 2 amide bonds. The molecule has 0 bridgehead atoms. The maximum Gasteiger partial charge on any atom is 0.509 e. The summed E-state index contributed by atoms with van der Waals surface area (Å²) in [6.07, 6.45) is -2.09. The summed E-state index contributed by atoms with van der Waals surface area (Å²) in [7, 11) is 0. The lowest BCUT2D eigenvalue weighted by atomic mass is 9.99. The van der Waals surface area contributed by atoms with Crippen LogP contribution in [0.25, 0.3) is 0 Å². The van der Waals surface area contributed by atoms with Crippen molar-refractivity contribution in [3.63, 3.8) is 0 Å². The summed E-state index contributed by atoms with van der Waals surface area (Å²) in [6.45, 7) is 18.4. The van der Waals surface area contributed by atoms with Crippen LogP contribution in [0.15, 0.2) is 12.1 Å². The minimum Gasteiger partial charge on any atom is -0.444 e. The molecule has 1 aromatic heterocycles. The van der Waals surface area contributed by atoms with Gasteiger partial charge in [0.15, 0.2) is 0 Å². The second-order valence-corrected chi connectivity index (χ2v) is 12.1. The van der Waals surface area contributed by atoms with Gasteiger partial charge in [0.2, 0.25) is 0 Å². The van der Waals surface area contributed by atoms with Crippen LogP contribution >= 0.6 is 0 Å². The number of carbonyl (C=O) groups is 3. The molecule has 10 heteroatoms. The van der Waals surface area contributed by atoms with Crippen LogP contribution in [-0.2, 0) is 25.4 Å². The molecule has 2 rings (SSSR count). The van der Waals surface area contributed by atoms with E-state index in [4.69, 9.17) is 18.9 Å². The summed E-state index contributed by atoms with van der Waals surface area (Å²) in [4.78, 5) is 43.4. The van der Waals surface area contributed by atoms with E-state index < -0.39 is 41.2 Å². The Bertz CT molecular complexity index is 958. The third-order valence-corrected chi connectivity index (χ3v) is 4.79. The molecule has 0 spiro atoms. The van der Waals surface area contributed by atoms with E-state index in [0.29, 0.717) is 24.5 Å². The Morgan fingerprint density at radius 2 is 1.50 bits per heavy atom. The molecule has 1 fully saturated rings. The van der Waals surface area contributed by atoms with Crippen LogP contribution in [-0.4, -0.2) is 64.2 Å². The quantitative estimate of drug-likeness (QED) is 0.421. The fourth-order valence-electron chi connectivity index (χ4n) is 3.63. The molecule has 36 heavy (non-hydrogen) atoms. The molecule has 1 aliphatic heterocycles. The molecule has 0 aromatic carbocycles. The lowest BCUT2D eigenvalue weighted by Gasteiger charge is -2.24. The Kier molecular flexibility index (Phi) is 8.86. The first-order valence-corrected chi connectivity index (χ1v) is 12.1. The zero-order chi connectivity index (χ0) is 27.5. The molecule has 1 N–H and O–H groups in total. The Labute approximate surface area is 214 Å². The van der Waals surface area contributed by atoms with Gasteiger partial charge in [-0.2, -0.15) is 0 Å². The van der Waals surface area contributed by atoms with Crippen molar-refractivity contribution in [3.05, 3.63) is 23.4 Å². The molecule has 10 nitrogen and oxygen atoms in total. The van der Waals surface area contributed by atoms with Crippen LogP contribution < -0.4 is 5.32 Å².